The van der Waals surface area contributed by atoms with Crippen LogP contribution in [-0.2, 0) is 11.2 Å². The molecule has 1 aliphatic heterocycles. The zero-order valence-electron chi connectivity index (χ0n) is 25.0. The van der Waals surface area contributed by atoms with Crippen LogP contribution in [0.15, 0.2) is 60.8 Å². The molecule has 0 radical (unpaired) electrons. The molecule has 0 spiro atoms. The molecule has 2 aromatic heterocycles. The highest BCUT2D eigenvalue weighted by Gasteiger charge is 2.31. The van der Waals surface area contributed by atoms with Crippen LogP contribution < -0.4 is 10.1 Å². The largest absolute Gasteiger partial charge is 0.494 e. The van der Waals surface area contributed by atoms with Gasteiger partial charge in [-0.2, -0.15) is 10.4 Å². The molecular weight excluding hydrogens is 544 g/mol. The van der Waals surface area contributed by atoms with Crippen LogP contribution in [0.5, 0.6) is 5.75 Å². The summed E-state index contributed by atoms with van der Waals surface area (Å²) in [5, 5.41) is 16.7. The maximum absolute atomic E-state index is 13.7. The minimum absolute atomic E-state index is 0.0359. The van der Waals surface area contributed by atoms with Gasteiger partial charge in [0.05, 0.1) is 36.0 Å². The van der Waals surface area contributed by atoms with Crippen molar-refractivity contribution < 1.29 is 19.1 Å². The van der Waals surface area contributed by atoms with Crippen molar-refractivity contribution in [3.8, 4) is 23.1 Å². The van der Waals surface area contributed by atoms with Crippen LogP contribution in [0.1, 0.15) is 68.1 Å². The van der Waals surface area contributed by atoms with Crippen molar-refractivity contribution in [3.63, 3.8) is 0 Å². The summed E-state index contributed by atoms with van der Waals surface area (Å²) in [6.45, 7) is 9.10. The number of carbonyl (C=O) groups excluding carboxylic acids is 2. The van der Waals surface area contributed by atoms with E-state index in [0.29, 0.717) is 61.6 Å². The van der Waals surface area contributed by atoms with E-state index in [-0.39, 0.29) is 17.9 Å². The third-order valence-corrected chi connectivity index (χ3v) is 7.21. The number of ether oxygens (including phenoxy) is 2. The highest BCUT2D eigenvalue weighted by Crippen LogP contribution is 2.32. The van der Waals surface area contributed by atoms with Gasteiger partial charge in [-0.3, -0.25) is 4.79 Å². The Balaban J connectivity index is 1.45. The summed E-state index contributed by atoms with van der Waals surface area (Å²) in [5.41, 5.74) is 4.29. The van der Waals surface area contributed by atoms with Crippen molar-refractivity contribution in [1.82, 2.24) is 19.5 Å². The normalized spacial score (nSPS) is 13.9. The maximum Gasteiger partial charge on any atom is 0.410 e. The number of piperidine rings is 1. The molecule has 0 bridgehead atoms. The van der Waals surface area contributed by atoms with E-state index in [1.165, 1.54) is 0 Å². The summed E-state index contributed by atoms with van der Waals surface area (Å²) in [7, 11) is 0. The van der Waals surface area contributed by atoms with Gasteiger partial charge in [0.1, 0.15) is 11.4 Å². The van der Waals surface area contributed by atoms with E-state index < -0.39 is 5.60 Å². The van der Waals surface area contributed by atoms with Crippen LogP contribution >= 0.6 is 0 Å². The molecule has 43 heavy (non-hydrogen) atoms. The highest BCUT2D eigenvalue weighted by atomic mass is 16.6. The fourth-order valence-corrected chi connectivity index (χ4v) is 5.11. The zero-order valence-corrected chi connectivity index (χ0v) is 25.0. The van der Waals surface area contributed by atoms with Gasteiger partial charge in [-0.15, -0.1) is 0 Å². The number of nitriles is 1. The molecule has 10 nitrogen and oxygen atoms in total. The number of hydrogen-bond donors (Lipinski definition) is 1. The van der Waals surface area contributed by atoms with E-state index in [1.54, 1.807) is 27.7 Å². The van der Waals surface area contributed by atoms with Gasteiger partial charge >= 0.3 is 6.09 Å². The standard InChI is InChI=1S/C33H36N6O4/c1-5-42-26-12-8-23(9-13-26)28-20-29-36-30(24-15-18-38(19-16-24)32(41)43-33(2,3)4)27(21-39(29)37-28)31(40)35-25-10-6-22(7-11-25)14-17-34/h6-13,20-21,24H,5,14-16,18-19H2,1-4H3,(H,35,40). The summed E-state index contributed by atoms with van der Waals surface area (Å²) < 4.78 is 12.8. The lowest BCUT2D eigenvalue weighted by atomic mass is 9.90. The molecule has 0 atom stereocenters. The van der Waals surface area contributed by atoms with Gasteiger partial charge in [-0.25, -0.2) is 14.3 Å². The molecule has 10 heteroatoms. The third-order valence-electron chi connectivity index (χ3n) is 7.21. The van der Waals surface area contributed by atoms with E-state index in [2.05, 4.69) is 11.4 Å². The van der Waals surface area contributed by atoms with Crippen molar-refractivity contribution >= 4 is 23.3 Å². The monoisotopic (exact) mass is 580 g/mol. The van der Waals surface area contributed by atoms with Gasteiger partial charge in [0, 0.05) is 42.5 Å². The molecule has 2 amide bonds. The summed E-state index contributed by atoms with van der Waals surface area (Å²) in [6.07, 6.45) is 2.99. The lowest BCUT2D eigenvalue weighted by Crippen LogP contribution is -2.41. The predicted molar refractivity (Wildman–Crippen MR) is 163 cm³/mol. The lowest BCUT2D eigenvalue weighted by Gasteiger charge is -2.33. The number of fused-ring (bicyclic) bond motifs is 1. The Hall–Kier alpha value is -4.91. The summed E-state index contributed by atoms with van der Waals surface area (Å²) in [5.74, 6) is 0.448. The van der Waals surface area contributed by atoms with E-state index in [9.17, 15) is 9.59 Å². The molecule has 3 heterocycles. The predicted octanol–water partition coefficient (Wildman–Crippen LogP) is 6.23. The first-order chi connectivity index (χ1) is 20.6. The average Bonchev–Trinajstić information content (AvgIpc) is 3.41. The maximum atomic E-state index is 13.7. The van der Waals surface area contributed by atoms with Crippen LogP contribution in [0.3, 0.4) is 0 Å². The molecule has 1 N–H and O–H groups in total. The smallest absolute Gasteiger partial charge is 0.410 e. The molecule has 0 saturated carbocycles. The minimum Gasteiger partial charge on any atom is -0.494 e. The first-order valence-corrected chi connectivity index (χ1v) is 14.5. The molecule has 1 saturated heterocycles. The van der Waals surface area contributed by atoms with Gasteiger partial charge in [-0.1, -0.05) is 12.1 Å². The van der Waals surface area contributed by atoms with Crippen LogP contribution in [0.4, 0.5) is 10.5 Å². The molecule has 0 aliphatic carbocycles. The Bertz CT molecular complexity index is 1640. The molecule has 5 rings (SSSR count). The van der Waals surface area contributed by atoms with Crippen LogP contribution in [0, 0.1) is 11.3 Å². The zero-order chi connectivity index (χ0) is 30.6. The number of nitrogens with zero attached hydrogens (tertiary/aromatic N) is 5. The molecule has 2 aromatic carbocycles. The van der Waals surface area contributed by atoms with E-state index in [0.717, 1.165) is 22.6 Å². The van der Waals surface area contributed by atoms with E-state index in [1.807, 2.05) is 70.2 Å². The second-order valence-electron chi connectivity index (χ2n) is 11.6. The quantitative estimate of drug-likeness (QED) is 0.275. The Morgan fingerprint density at radius 2 is 1.77 bits per heavy atom. The molecule has 1 fully saturated rings. The van der Waals surface area contributed by atoms with Crippen molar-refractivity contribution in [3.05, 3.63) is 77.6 Å². The van der Waals surface area contributed by atoms with Gasteiger partial charge in [0.2, 0.25) is 0 Å². The molecule has 0 unspecified atom stereocenters. The molecule has 4 aromatic rings. The average molecular weight is 581 g/mol. The van der Waals surface area contributed by atoms with Gasteiger partial charge in [0.25, 0.3) is 5.91 Å². The topological polar surface area (TPSA) is 122 Å². The minimum atomic E-state index is -0.568. The Morgan fingerprint density at radius 1 is 1.07 bits per heavy atom. The van der Waals surface area contributed by atoms with Crippen LogP contribution in [0.2, 0.25) is 0 Å². The van der Waals surface area contributed by atoms with Gasteiger partial charge in [0.15, 0.2) is 5.65 Å². The number of likely N-dealkylation sites (tertiary alicyclic amines) is 1. The number of nitrogens with one attached hydrogen (secondary N) is 1. The van der Waals surface area contributed by atoms with Crippen LogP contribution in [0.25, 0.3) is 16.9 Å². The van der Waals surface area contributed by atoms with Crippen molar-refractivity contribution in [1.29, 1.82) is 5.26 Å². The SMILES string of the molecule is CCOc1ccc(-c2cc3nc(C4CCN(C(=O)OC(C)(C)C)CC4)c(C(=O)Nc4ccc(CC#N)cc4)cn3n2)cc1. The first kappa shape index (κ1) is 29.6. The van der Waals surface area contributed by atoms with Crippen molar-refractivity contribution in [2.75, 3.05) is 25.0 Å². The number of rotatable bonds is 7. The number of carbonyl (C=O) groups is 2. The molecular formula is C33H36N6O4. The summed E-state index contributed by atoms with van der Waals surface area (Å²) in [6, 6.07) is 19.0. The molecule has 1 aliphatic rings. The third kappa shape index (κ3) is 7.12. The Kier molecular flexibility index (Phi) is 8.62. The second kappa shape index (κ2) is 12.5. The Morgan fingerprint density at radius 3 is 2.40 bits per heavy atom. The van der Waals surface area contributed by atoms with Gasteiger partial charge < -0.3 is 19.7 Å². The first-order valence-electron chi connectivity index (χ1n) is 14.5. The number of hydrogen-bond acceptors (Lipinski definition) is 7. The summed E-state index contributed by atoms with van der Waals surface area (Å²) >= 11 is 0. The van der Waals surface area contributed by atoms with Crippen LogP contribution in [-0.4, -0.2) is 56.8 Å². The lowest BCUT2D eigenvalue weighted by molar-refractivity contribution is 0.0203. The van der Waals surface area contributed by atoms with E-state index >= 15 is 0 Å². The molecule has 222 valence electrons. The number of anilines is 1. The number of amides is 2. The highest BCUT2D eigenvalue weighted by molar-refractivity contribution is 6.05. The summed E-state index contributed by atoms with van der Waals surface area (Å²) in [4.78, 5) is 33.0. The van der Waals surface area contributed by atoms with Crippen molar-refractivity contribution in [2.24, 2.45) is 0 Å². The fourth-order valence-electron chi connectivity index (χ4n) is 5.11. The number of benzene rings is 2. The van der Waals surface area contributed by atoms with E-state index in [4.69, 9.17) is 24.8 Å². The number of aromatic nitrogens is 3. The Labute approximate surface area is 251 Å². The van der Waals surface area contributed by atoms with Gasteiger partial charge in [-0.05, 0) is 82.5 Å². The second-order valence-corrected chi connectivity index (χ2v) is 11.6. The fraction of sp³-hybridized carbons (Fsp3) is 0.364. The van der Waals surface area contributed by atoms with Crippen molar-refractivity contribution in [2.45, 2.75) is 58.5 Å².